The van der Waals surface area contributed by atoms with E-state index in [2.05, 4.69) is 16.3 Å². The molecule has 3 aromatic rings. The second kappa shape index (κ2) is 7.60. The molecule has 136 valence electrons. The molecule has 7 nitrogen and oxygen atoms in total. The van der Waals surface area contributed by atoms with E-state index in [0.717, 1.165) is 28.6 Å². The first kappa shape index (κ1) is 18.6. The molecule has 27 heavy (non-hydrogen) atoms. The van der Waals surface area contributed by atoms with Crippen molar-refractivity contribution in [2.45, 2.75) is 25.8 Å². The molecule has 0 aliphatic carbocycles. The van der Waals surface area contributed by atoms with Crippen molar-refractivity contribution in [3.05, 3.63) is 68.8 Å². The van der Waals surface area contributed by atoms with Crippen LogP contribution in [0.3, 0.4) is 0 Å². The highest BCUT2D eigenvalue weighted by Crippen LogP contribution is 2.26. The summed E-state index contributed by atoms with van der Waals surface area (Å²) in [5, 5.41) is 12.4. The van der Waals surface area contributed by atoms with Gasteiger partial charge in [-0.3, -0.25) is 9.32 Å². The number of nitrogens with zero attached hydrogens (tertiary/aromatic N) is 3. The standard InChI is InChI=1S/C19H16N4O3S/c1-11-12(2)15(9-20)18(21-13(11)3)27-10-16(24)17-19(25)26-22-23(17)14-7-5-4-6-8-14/h4-8H,10H2,1-3H3/p+1. The SMILES string of the molecule is Cc1nc(SCC(=O)c2c(=O)o[nH][n+]2-c2ccccc2)c(C#N)c(C)c1C. The van der Waals surface area contributed by atoms with Crippen molar-refractivity contribution < 1.29 is 14.0 Å². The number of H-pyrrole nitrogens is 1. The highest BCUT2D eigenvalue weighted by molar-refractivity contribution is 8.00. The molecule has 0 radical (unpaired) electrons. The predicted octanol–water partition coefficient (Wildman–Crippen LogP) is 2.41. The summed E-state index contributed by atoms with van der Waals surface area (Å²) >= 11 is 1.14. The predicted molar refractivity (Wildman–Crippen MR) is 99.1 cm³/mol. The highest BCUT2D eigenvalue weighted by atomic mass is 32.2. The maximum absolute atomic E-state index is 12.7. The molecule has 0 bridgehead atoms. The zero-order valence-corrected chi connectivity index (χ0v) is 15.9. The first-order chi connectivity index (χ1) is 12.9. The lowest BCUT2D eigenvalue weighted by Gasteiger charge is -2.10. The molecule has 1 N–H and O–H groups in total. The van der Waals surface area contributed by atoms with Crippen molar-refractivity contribution in [2.24, 2.45) is 0 Å². The van der Waals surface area contributed by atoms with Crippen molar-refractivity contribution in [2.75, 3.05) is 5.75 Å². The number of ketones is 1. The lowest BCUT2D eigenvalue weighted by atomic mass is 10.1. The van der Waals surface area contributed by atoms with Crippen LogP contribution in [-0.2, 0) is 0 Å². The van der Waals surface area contributed by atoms with E-state index >= 15 is 0 Å². The zero-order chi connectivity index (χ0) is 19.6. The second-order valence-electron chi connectivity index (χ2n) is 5.95. The second-order valence-corrected chi connectivity index (χ2v) is 6.92. The number of benzene rings is 1. The summed E-state index contributed by atoms with van der Waals surface area (Å²) in [4.78, 5) is 29.2. The van der Waals surface area contributed by atoms with E-state index in [1.807, 2.05) is 26.8 Å². The van der Waals surface area contributed by atoms with Gasteiger partial charge in [-0.05, 0) is 41.9 Å². The Morgan fingerprint density at radius 1 is 1.26 bits per heavy atom. The number of aromatic amines is 1. The van der Waals surface area contributed by atoms with E-state index in [0.29, 0.717) is 16.3 Å². The van der Waals surface area contributed by atoms with Gasteiger partial charge >= 0.3 is 11.3 Å². The summed E-state index contributed by atoms with van der Waals surface area (Å²) in [6, 6.07) is 11.1. The number of nitriles is 1. The average molecular weight is 381 g/mol. The molecule has 2 aromatic heterocycles. The van der Waals surface area contributed by atoms with Gasteiger partial charge in [0.25, 0.3) is 0 Å². The number of pyridine rings is 1. The summed E-state index contributed by atoms with van der Waals surface area (Å²) in [7, 11) is 0. The molecule has 0 fully saturated rings. The van der Waals surface area contributed by atoms with Gasteiger partial charge in [-0.15, -0.1) is 0 Å². The third kappa shape index (κ3) is 3.55. The van der Waals surface area contributed by atoms with Gasteiger partial charge in [0.05, 0.1) is 11.3 Å². The van der Waals surface area contributed by atoms with Crippen molar-refractivity contribution in [1.82, 2.24) is 10.3 Å². The monoisotopic (exact) mass is 381 g/mol. The molecular formula is C19H17N4O3S+. The largest absolute Gasteiger partial charge is 0.438 e. The average Bonchev–Trinajstić information content (AvgIpc) is 3.06. The van der Waals surface area contributed by atoms with Crippen LogP contribution in [0.25, 0.3) is 5.69 Å². The number of aromatic nitrogens is 3. The molecule has 8 heteroatoms. The number of nitrogens with one attached hydrogen (secondary N) is 1. The van der Waals surface area contributed by atoms with Gasteiger partial charge in [-0.2, -0.15) is 5.26 Å². The van der Waals surface area contributed by atoms with Gasteiger partial charge in [-0.25, -0.2) is 9.78 Å². The number of aryl methyl sites for hydroxylation is 1. The number of Topliss-reactive ketones (excluding diaryl/α,β-unsaturated/α-hetero) is 1. The first-order valence-corrected chi connectivity index (χ1v) is 9.15. The van der Waals surface area contributed by atoms with Crippen LogP contribution in [0.15, 0.2) is 44.7 Å². The van der Waals surface area contributed by atoms with Crippen LogP contribution >= 0.6 is 11.8 Å². The summed E-state index contributed by atoms with van der Waals surface area (Å²) in [5.41, 5.74) is 2.82. The maximum atomic E-state index is 12.7. The van der Waals surface area contributed by atoms with Crippen LogP contribution in [0.4, 0.5) is 0 Å². The van der Waals surface area contributed by atoms with E-state index in [1.165, 1.54) is 4.68 Å². The molecule has 3 rings (SSSR count). The number of hydrogen-bond donors (Lipinski definition) is 1. The fourth-order valence-corrected chi connectivity index (χ4v) is 3.57. The topological polar surface area (TPSA) is 104 Å². The number of para-hydroxylation sites is 1. The molecule has 0 unspecified atom stereocenters. The van der Waals surface area contributed by atoms with Crippen LogP contribution in [0.2, 0.25) is 0 Å². The Balaban J connectivity index is 1.90. The highest BCUT2D eigenvalue weighted by Gasteiger charge is 2.30. The summed E-state index contributed by atoms with van der Waals surface area (Å²) in [5.74, 6) is -0.459. The van der Waals surface area contributed by atoms with Gasteiger partial charge in [0.1, 0.15) is 11.1 Å². The van der Waals surface area contributed by atoms with Gasteiger partial charge in [-0.1, -0.05) is 30.0 Å². The summed E-state index contributed by atoms with van der Waals surface area (Å²) in [6.07, 6.45) is 0. The third-order valence-corrected chi connectivity index (χ3v) is 5.32. The Kier molecular flexibility index (Phi) is 5.23. The lowest BCUT2D eigenvalue weighted by molar-refractivity contribution is -0.672. The van der Waals surface area contributed by atoms with Gasteiger partial charge in [0, 0.05) is 17.8 Å². The fraction of sp³-hybridized carbons (Fsp3) is 0.211. The summed E-state index contributed by atoms with van der Waals surface area (Å²) in [6.45, 7) is 5.63. The number of hydrogen-bond acceptors (Lipinski definition) is 6. The number of carbonyl (C=O) groups excluding carboxylic acids is 1. The smallest absolute Gasteiger partial charge is 0.286 e. The molecule has 0 saturated heterocycles. The fourth-order valence-electron chi connectivity index (χ4n) is 2.62. The molecule has 0 atom stereocenters. The number of thioether (sulfide) groups is 1. The minimum Gasteiger partial charge on any atom is -0.286 e. The van der Waals surface area contributed by atoms with Crippen molar-refractivity contribution in [3.63, 3.8) is 0 Å². The Bertz CT molecular complexity index is 1110. The van der Waals surface area contributed by atoms with E-state index < -0.39 is 11.4 Å². The molecular weight excluding hydrogens is 364 g/mol. The molecule has 0 spiro atoms. The Labute approximate surface area is 159 Å². The van der Waals surface area contributed by atoms with Gasteiger partial charge < -0.3 is 0 Å². The van der Waals surface area contributed by atoms with Crippen LogP contribution < -0.4 is 10.3 Å². The normalized spacial score (nSPS) is 10.6. The van der Waals surface area contributed by atoms with Crippen molar-refractivity contribution in [1.29, 1.82) is 5.26 Å². The van der Waals surface area contributed by atoms with Crippen molar-refractivity contribution in [3.8, 4) is 11.8 Å². The van der Waals surface area contributed by atoms with Gasteiger partial charge in [0.2, 0.25) is 11.5 Å². The quantitative estimate of drug-likeness (QED) is 0.413. The van der Waals surface area contributed by atoms with Crippen LogP contribution in [-0.4, -0.2) is 21.8 Å². The minimum absolute atomic E-state index is 0.0426. The molecule has 0 amide bonds. The molecule has 0 aliphatic rings. The summed E-state index contributed by atoms with van der Waals surface area (Å²) < 4.78 is 6.12. The molecule has 0 aliphatic heterocycles. The van der Waals surface area contributed by atoms with Crippen molar-refractivity contribution >= 4 is 17.5 Å². The van der Waals surface area contributed by atoms with E-state index in [4.69, 9.17) is 4.52 Å². The van der Waals surface area contributed by atoms with Crippen LogP contribution in [0, 0.1) is 32.1 Å². The van der Waals surface area contributed by atoms with E-state index in [1.54, 1.807) is 24.3 Å². The number of carbonyl (C=O) groups is 1. The third-order valence-electron chi connectivity index (χ3n) is 4.34. The molecule has 2 heterocycles. The maximum Gasteiger partial charge on any atom is 0.438 e. The van der Waals surface area contributed by atoms with Crippen LogP contribution in [0.1, 0.15) is 32.9 Å². The zero-order valence-electron chi connectivity index (χ0n) is 15.1. The lowest BCUT2D eigenvalue weighted by Crippen LogP contribution is -2.41. The molecule has 1 aromatic carbocycles. The van der Waals surface area contributed by atoms with E-state index in [-0.39, 0.29) is 11.4 Å². The minimum atomic E-state index is -0.741. The Hall–Kier alpha value is -3.18. The number of rotatable bonds is 5. The van der Waals surface area contributed by atoms with Gasteiger partial charge in [0.15, 0.2) is 0 Å². The molecule has 0 saturated carbocycles. The Morgan fingerprint density at radius 2 is 1.96 bits per heavy atom. The van der Waals surface area contributed by atoms with E-state index in [9.17, 15) is 14.9 Å². The van der Waals surface area contributed by atoms with Crippen LogP contribution in [0.5, 0.6) is 0 Å². The first-order valence-electron chi connectivity index (χ1n) is 8.17. The Morgan fingerprint density at radius 3 is 2.63 bits per heavy atom.